The number of methoxy groups -OCH3 is 1. The van der Waals surface area contributed by atoms with Crippen molar-refractivity contribution in [3.05, 3.63) is 53.0 Å². The van der Waals surface area contributed by atoms with Crippen LogP contribution < -0.4 is 10.5 Å². The van der Waals surface area contributed by atoms with E-state index in [0.29, 0.717) is 5.00 Å². The van der Waals surface area contributed by atoms with Crippen LogP contribution in [0.4, 0.5) is 5.00 Å². The first-order chi connectivity index (χ1) is 10.2. The summed E-state index contributed by atoms with van der Waals surface area (Å²) in [5.41, 5.74) is 8.89. The van der Waals surface area contributed by atoms with Crippen LogP contribution in [-0.2, 0) is 0 Å². The number of benzene rings is 2. The first kappa shape index (κ1) is 14.1. The van der Waals surface area contributed by atoms with Crippen molar-refractivity contribution in [2.45, 2.75) is 0 Å². The number of halogens is 1. The van der Waals surface area contributed by atoms with E-state index in [9.17, 15) is 0 Å². The van der Waals surface area contributed by atoms with Crippen LogP contribution in [0.25, 0.3) is 21.8 Å². The van der Waals surface area contributed by atoms with E-state index in [0.717, 1.165) is 32.1 Å². The molecule has 1 heterocycles. The molecule has 2 N–H and O–H groups in total. The third kappa shape index (κ3) is 2.80. The molecule has 3 aromatic rings. The second-order valence-corrected chi connectivity index (χ2v) is 6.39. The minimum Gasteiger partial charge on any atom is -0.496 e. The maximum absolute atomic E-state index is 6.17. The number of nitrogens with zero attached hydrogens (tertiary/aromatic N) is 1. The summed E-state index contributed by atoms with van der Waals surface area (Å²) in [7, 11) is 1.65. The molecule has 0 aliphatic carbocycles. The summed E-state index contributed by atoms with van der Waals surface area (Å²) in [6, 6.07) is 15.8. The molecule has 0 amide bonds. The lowest BCUT2D eigenvalue weighted by molar-refractivity contribution is 0.416. The Labute approximate surface area is 135 Å². The highest BCUT2D eigenvalue weighted by Gasteiger charge is 2.16. The molecule has 0 atom stereocenters. The number of nitrogen functional groups attached to an aromatic ring is 1. The van der Waals surface area contributed by atoms with Crippen molar-refractivity contribution >= 4 is 32.3 Å². The fraction of sp³-hybridized carbons (Fsp3) is 0.0625. The van der Waals surface area contributed by atoms with Crippen LogP contribution in [0.2, 0.25) is 0 Å². The van der Waals surface area contributed by atoms with Gasteiger partial charge in [0.15, 0.2) is 0 Å². The monoisotopic (exact) mass is 360 g/mol. The SMILES string of the molecule is COc1ccc(Br)cc1-c1nc(-c2ccccc2)sc1N. The number of hydrogen-bond acceptors (Lipinski definition) is 4. The van der Waals surface area contributed by atoms with Gasteiger partial charge in [-0.15, -0.1) is 0 Å². The molecule has 106 valence electrons. The zero-order valence-corrected chi connectivity index (χ0v) is 13.7. The highest BCUT2D eigenvalue weighted by atomic mass is 79.9. The number of aromatic nitrogens is 1. The molecule has 3 rings (SSSR count). The lowest BCUT2D eigenvalue weighted by atomic mass is 10.1. The molecular weight excluding hydrogens is 348 g/mol. The molecule has 0 radical (unpaired) electrons. The summed E-state index contributed by atoms with van der Waals surface area (Å²) < 4.78 is 6.38. The Morgan fingerprint density at radius 1 is 1.14 bits per heavy atom. The largest absolute Gasteiger partial charge is 0.496 e. The molecule has 5 heteroatoms. The van der Waals surface area contributed by atoms with Gasteiger partial charge in [0.05, 0.1) is 7.11 Å². The van der Waals surface area contributed by atoms with Gasteiger partial charge in [-0.1, -0.05) is 57.6 Å². The van der Waals surface area contributed by atoms with Crippen LogP contribution in [0.15, 0.2) is 53.0 Å². The van der Waals surface area contributed by atoms with Crippen molar-refractivity contribution < 1.29 is 4.74 Å². The first-order valence-corrected chi connectivity index (χ1v) is 7.95. The average Bonchev–Trinajstić information content (AvgIpc) is 2.90. The third-order valence-electron chi connectivity index (χ3n) is 3.09. The molecular formula is C16H13BrN2OS. The molecule has 21 heavy (non-hydrogen) atoms. The molecule has 0 unspecified atom stereocenters. The number of hydrogen-bond donors (Lipinski definition) is 1. The molecule has 2 aromatic carbocycles. The average molecular weight is 361 g/mol. The van der Waals surface area contributed by atoms with Crippen molar-refractivity contribution in [2.24, 2.45) is 0 Å². The zero-order chi connectivity index (χ0) is 14.8. The van der Waals surface area contributed by atoms with E-state index in [4.69, 9.17) is 15.5 Å². The Morgan fingerprint density at radius 3 is 2.62 bits per heavy atom. The van der Waals surface area contributed by atoms with Crippen LogP contribution >= 0.6 is 27.3 Å². The van der Waals surface area contributed by atoms with Gasteiger partial charge < -0.3 is 10.5 Å². The predicted octanol–water partition coefficient (Wildman–Crippen LogP) is 4.83. The smallest absolute Gasteiger partial charge is 0.128 e. The van der Waals surface area contributed by atoms with E-state index in [-0.39, 0.29) is 0 Å². The second-order valence-electron chi connectivity index (χ2n) is 4.44. The van der Waals surface area contributed by atoms with Gasteiger partial charge in [0.1, 0.15) is 21.5 Å². The topological polar surface area (TPSA) is 48.1 Å². The fourth-order valence-electron chi connectivity index (χ4n) is 2.09. The van der Waals surface area contributed by atoms with Gasteiger partial charge in [-0.2, -0.15) is 0 Å². The van der Waals surface area contributed by atoms with Gasteiger partial charge in [0.25, 0.3) is 0 Å². The Kier molecular flexibility index (Phi) is 3.94. The van der Waals surface area contributed by atoms with Crippen molar-refractivity contribution in [1.29, 1.82) is 0 Å². The summed E-state index contributed by atoms with van der Waals surface area (Å²) in [6.07, 6.45) is 0. The van der Waals surface area contributed by atoms with E-state index in [1.807, 2.05) is 48.5 Å². The van der Waals surface area contributed by atoms with Crippen LogP contribution in [0, 0.1) is 0 Å². The maximum Gasteiger partial charge on any atom is 0.128 e. The van der Waals surface area contributed by atoms with Crippen molar-refractivity contribution in [3.8, 4) is 27.6 Å². The van der Waals surface area contributed by atoms with Gasteiger partial charge in [-0.3, -0.25) is 0 Å². The normalized spacial score (nSPS) is 10.6. The lowest BCUT2D eigenvalue weighted by Gasteiger charge is -2.07. The summed E-state index contributed by atoms with van der Waals surface area (Å²) in [6.45, 7) is 0. The Morgan fingerprint density at radius 2 is 1.90 bits per heavy atom. The fourth-order valence-corrected chi connectivity index (χ4v) is 3.31. The zero-order valence-electron chi connectivity index (χ0n) is 11.3. The molecule has 0 saturated heterocycles. The minimum absolute atomic E-state index is 0.685. The van der Waals surface area contributed by atoms with Gasteiger partial charge in [0, 0.05) is 15.6 Å². The number of thiazole rings is 1. The quantitative estimate of drug-likeness (QED) is 0.727. The number of rotatable bonds is 3. The van der Waals surface area contributed by atoms with Crippen molar-refractivity contribution in [2.75, 3.05) is 12.8 Å². The van der Waals surface area contributed by atoms with Crippen LogP contribution in [0.5, 0.6) is 5.75 Å². The molecule has 3 nitrogen and oxygen atoms in total. The van der Waals surface area contributed by atoms with Gasteiger partial charge in [-0.25, -0.2) is 4.98 Å². The van der Waals surface area contributed by atoms with Gasteiger partial charge >= 0.3 is 0 Å². The molecule has 0 aliphatic rings. The lowest BCUT2D eigenvalue weighted by Crippen LogP contribution is -1.91. The van der Waals surface area contributed by atoms with Gasteiger partial charge in [0.2, 0.25) is 0 Å². The van der Waals surface area contributed by atoms with Crippen LogP contribution in [0.3, 0.4) is 0 Å². The highest BCUT2D eigenvalue weighted by Crippen LogP contribution is 2.40. The Hall–Kier alpha value is -1.85. The summed E-state index contributed by atoms with van der Waals surface area (Å²) in [5.74, 6) is 0.759. The van der Waals surface area contributed by atoms with E-state index in [1.54, 1.807) is 7.11 Å². The van der Waals surface area contributed by atoms with E-state index >= 15 is 0 Å². The van der Waals surface area contributed by atoms with Gasteiger partial charge in [-0.05, 0) is 18.2 Å². The number of ether oxygens (including phenoxy) is 1. The Balaban J connectivity index is 2.12. The molecule has 0 spiro atoms. The molecule has 1 aromatic heterocycles. The Bertz CT molecular complexity index is 771. The molecule has 0 saturated carbocycles. The molecule has 0 aliphatic heterocycles. The third-order valence-corrected chi connectivity index (χ3v) is 4.52. The van der Waals surface area contributed by atoms with Crippen molar-refractivity contribution in [1.82, 2.24) is 4.98 Å². The van der Waals surface area contributed by atoms with Crippen LogP contribution in [-0.4, -0.2) is 12.1 Å². The van der Waals surface area contributed by atoms with Crippen molar-refractivity contribution in [3.63, 3.8) is 0 Å². The molecule has 0 bridgehead atoms. The molecule has 0 fully saturated rings. The summed E-state index contributed by atoms with van der Waals surface area (Å²) in [5, 5.41) is 1.59. The van der Waals surface area contributed by atoms with E-state index in [2.05, 4.69) is 15.9 Å². The first-order valence-electron chi connectivity index (χ1n) is 6.34. The minimum atomic E-state index is 0.685. The van der Waals surface area contributed by atoms with E-state index < -0.39 is 0 Å². The highest BCUT2D eigenvalue weighted by molar-refractivity contribution is 9.10. The van der Waals surface area contributed by atoms with E-state index in [1.165, 1.54) is 11.3 Å². The second kappa shape index (κ2) is 5.87. The summed E-state index contributed by atoms with van der Waals surface area (Å²) >= 11 is 4.96. The predicted molar refractivity (Wildman–Crippen MR) is 91.7 cm³/mol. The summed E-state index contributed by atoms with van der Waals surface area (Å²) in [4.78, 5) is 4.69. The number of nitrogens with two attached hydrogens (primary N) is 1. The number of anilines is 1. The van der Waals surface area contributed by atoms with Crippen LogP contribution in [0.1, 0.15) is 0 Å². The standard InChI is InChI=1S/C16H13BrN2OS/c1-20-13-8-7-11(17)9-12(13)14-15(18)21-16(19-14)10-5-3-2-4-6-10/h2-9H,18H2,1H3. The maximum atomic E-state index is 6.17.